The number of phenols is 2. The van der Waals surface area contributed by atoms with Crippen molar-refractivity contribution >= 4 is 0 Å². The Morgan fingerprint density at radius 3 is 2.78 bits per heavy atom. The summed E-state index contributed by atoms with van der Waals surface area (Å²) < 4.78 is 5.12. The fourth-order valence-corrected chi connectivity index (χ4v) is 2.19. The summed E-state index contributed by atoms with van der Waals surface area (Å²) in [6.07, 6.45) is 3.58. The van der Waals surface area contributed by atoms with Gasteiger partial charge in [-0.2, -0.15) is 0 Å². The fourth-order valence-electron chi connectivity index (χ4n) is 2.19. The average Bonchev–Trinajstić information content (AvgIpc) is 3.13. The summed E-state index contributed by atoms with van der Waals surface area (Å²) in [5.41, 5.74) is 1.13. The number of para-hydroxylation sites is 1. The summed E-state index contributed by atoms with van der Waals surface area (Å²) in [6, 6.07) is 5.04. The number of rotatable bonds is 7. The molecule has 1 saturated carbocycles. The number of benzene rings is 1. The Balaban J connectivity index is 1.80. The Kier molecular flexibility index (Phi) is 4.09. The zero-order chi connectivity index (χ0) is 13.0. The highest BCUT2D eigenvalue weighted by Gasteiger charge is 2.41. The van der Waals surface area contributed by atoms with Crippen LogP contribution in [0.3, 0.4) is 0 Å². The summed E-state index contributed by atoms with van der Waals surface area (Å²) in [4.78, 5) is 0. The van der Waals surface area contributed by atoms with Gasteiger partial charge in [0.2, 0.25) is 0 Å². The molecule has 1 aromatic carbocycles. The lowest BCUT2D eigenvalue weighted by Gasteiger charge is -2.16. The molecular formula is C14H21NO3. The molecule has 4 heteroatoms. The van der Waals surface area contributed by atoms with Gasteiger partial charge in [-0.1, -0.05) is 12.1 Å². The van der Waals surface area contributed by atoms with Crippen molar-refractivity contribution in [3.05, 3.63) is 23.8 Å². The molecule has 4 nitrogen and oxygen atoms in total. The molecule has 0 saturated heterocycles. The van der Waals surface area contributed by atoms with Crippen molar-refractivity contribution in [1.82, 2.24) is 5.32 Å². The zero-order valence-corrected chi connectivity index (χ0v) is 10.8. The predicted molar refractivity (Wildman–Crippen MR) is 69.6 cm³/mol. The minimum Gasteiger partial charge on any atom is -0.504 e. The molecule has 0 bridgehead atoms. The number of methoxy groups -OCH3 is 1. The van der Waals surface area contributed by atoms with E-state index in [2.05, 4.69) is 5.32 Å². The maximum atomic E-state index is 9.67. The van der Waals surface area contributed by atoms with Crippen LogP contribution < -0.4 is 5.32 Å². The van der Waals surface area contributed by atoms with Crippen LogP contribution in [0.15, 0.2) is 18.2 Å². The number of ether oxygens (including phenoxy) is 1. The first-order valence-corrected chi connectivity index (χ1v) is 6.36. The maximum absolute atomic E-state index is 9.67. The highest BCUT2D eigenvalue weighted by molar-refractivity contribution is 5.44. The van der Waals surface area contributed by atoms with Gasteiger partial charge in [0.25, 0.3) is 0 Å². The Bertz CT molecular complexity index is 402. The van der Waals surface area contributed by atoms with Crippen LogP contribution in [0.1, 0.15) is 24.8 Å². The van der Waals surface area contributed by atoms with Crippen molar-refractivity contribution in [2.45, 2.75) is 25.8 Å². The Morgan fingerprint density at radius 1 is 1.33 bits per heavy atom. The monoisotopic (exact) mass is 251 g/mol. The summed E-state index contributed by atoms with van der Waals surface area (Å²) in [5, 5.41) is 22.4. The van der Waals surface area contributed by atoms with Crippen molar-refractivity contribution in [3.8, 4) is 11.5 Å². The number of hydrogen-bond acceptors (Lipinski definition) is 4. The first-order valence-electron chi connectivity index (χ1n) is 6.36. The fraction of sp³-hybridized carbons (Fsp3) is 0.571. The number of aromatic hydroxyl groups is 2. The van der Waals surface area contributed by atoms with Gasteiger partial charge >= 0.3 is 0 Å². The van der Waals surface area contributed by atoms with Crippen molar-refractivity contribution in [1.29, 1.82) is 0 Å². The van der Waals surface area contributed by atoms with E-state index in [-0.39, 0.29) is 11.5 Å². The summed E-state index contributed by atoms with van der Waals surface area (Å²) >= 11 is 0. The topological polar surface area (TPSA) is 61.7 Å². The second kappa shape index (κ2) is 5.59. The molecule has 0 aromatic heterocycles. The normalized spacial score (nSPS) is 16.7. The van der Waals surface area contributed by atoms with Crippen LogP contribution in [0.4, 0.5) is 0 Å². The number of phenolic OH excluding ortho intramolecular Hbond substituents is 2. The molecule has 0 heterocycles. The zero-order valence-electron chi connectivity index (χ0n) is 10.8. The van der Waals surface area contributed by atoms with Gasteiger partial charge in [-0.05, 0) is 30.7 Å². The molecule has 18 heavy (non-hydrogen) atoms. The molecule has 0 radical (unpaired) electrons. The van der Waals surface area contributed by atoms with E-state index in [1.54, 1.807) is 13.2 Å². The summed E-state index contributed by atoms with van der Waals surface area (Å²) in [6.45, 7) is 2.32. The van der Waals surface area contributed by atoms with E-state index >= 15 is 0 Å². The van der Waals surface area contributed by atoms with E-state index < -0.39 is 0 Å². The third kappa shape index (κ3) is 3.15. The molecule has 1 aliphatic rings. The third-order valence-corrected chi connectivity index (χ3v) is 3.71. The van der Waals surface area contributed by atoms with E-state index in [1.807, 2.05) is 6.07 Å². The largest absolute Gasteiger partial charge is 0.504 e. The Labute approximate surface area is 108 Å². The molecular weight excluding hydrogens is 230 g/mol. The SMILES string of the molecule is COCCC1(CNCc2cccc(O)c2O)CC1. The maximum Gasteiger partial charge on any atom is 0.161 e. The quantitative estimate of drug-likeness (QED) is 0.649. The van der Waals surface area contributed by atoms with Crippen LogP contribution in [0.2, 0.25) is 0 Å². The Hall–Kier alpha value is -1.26. The predicted octanol–water partition coefficient (Wildman–Crippen LogP) is 2.00. The second-order valence-corrected chi connectivity index (χ2v) is 5.13. The molecule has 0 aliphatic heterocycles. The van der Waals surface area contributed by atoms with E-state index in [1.165, 1.54) is 18.9 Å². The second-order valence-electron chi connectivity index (χ2n) is 5.13. The van der Waals surface area contributed by atoms with Crippen molar-refractivity contribution in [2.75, 3.05) is 20.3 Å². The van der Waals surface area contributed by atoms with Gasteiger partial charge in [-0.3, -0.25) is 0 Å². The average molecular weight is 251 g/mol. The van der Waals surface area contributed by atoms with Gasteiger partial charge in [0, 0.05) is 32.4 Å². The molecule has 100 valence electrons. The van der Waals surface area contributed by atoms with Gasteiger partial charge in [0.1, 0.15) is 0 Å². The van der Waals surface area contributed by atoms with Crippen LogP contribution in [-0.4, -0.2) is 30.5 Å². The van der Waals surface area contributed by atoms with Gasteiger partial charge < -0.3 is 20.3 Å². The minimum atomic E-state index is -0.0604. The van der Waals surface area contributed by atoms with E-state index in [4.69, 9.17) is 4.74 Å². The van der Waals surface area contributed by atoms with Crippen molar-refractivity contribution in [2.24, 2.45) is 5.41 Å². The molecule has 1 aliphatic carbocycles. The van der Waals surface area contributed by atoms with Crippen LogP contribution in [0, 0.1) is 5.41 Å². The number of nitrogens with one attached hydrogen (secondary N) is 1. The molecule has 0 atom stereocenters. The Morgan fingerprint density at radius 2 is 2.11 bits per heavy atom. The first-order chi connectivity index (χ1) is 8.67. The lowest BCUT2D eigenvalue weighted by Crippen LogP contribution is -2.24. The first kappa shape index (κ1) is 13.2. The molecule has 3 N–H and O–H groups in total. The van der Waals surface area contributed by atoms with E-state index in [0.29, 0.717) is 12.0 Å². The molecule has 2 rings (SSSR count). The smallest absolute Gasteiger partial charge is 0.161 e. The highest BCUT2D eigenvalue weighted by atomic mass is 16.5. The molecule has 0 spiro atoms. The summed E-state index contributed by atoms with van der Waals surface area (Å²) in [7, 11) is 1.73. The van der Waals surface area contributed by atoms with Crippen LogP contribution >= 0.6 is 0 Å². The highest BCUT2D eigenvalue weighted by Crippen LogP contribution is 2.48. The lowest BCUT2D eigenvalue weighted by molar-refractivity contribution is 0.171. The molecule has 1 fully saturated rings. The third-order valence-electron chi connectivity index (χ3n) is 3.71. The van der Waals surface area contributed by atoms with Crippen molar-refractivity contribution in [3.63, 3.8) is 0 Å². The minimum absolute atomic E-state index is 0.0215. The van der Waals surface area contributed by atoms with Gasteiger partial charge in [0.15, 0.2) is 11.5 Å². The van der Waals surface area contributed by atoms with E-state index in [9.17, 15) is 10.2 Å². The van der Waals surface area contributed by atoms with Gasteiger partial charge in [-0.15, -0.1) is 0 Å². The van der Waals surface area contributed by atoms with E-state index in [0.717, 1.165) is 25.1 Å². The van der Waals surface area contributed by atoms with Crippen molar-refractivity contribution < 1.29 is 14.9 Å². The van der Waals surface area contributed by atoms with Crippen LogP contribution in [0.5, 0.6) is 11.5 Å². The van der Waals surface area contributed by atoms with Crippen LogP contribution in [-0.2, 0) is 11.3 Å². The standard InChI is InChI=1S/C14H21NO3/c1-18-8-7-14(5-6-14)10-15-9-11-3-2-4-12(16)13(11)17/h2-4,15-17H,5-10H2,1H3. The van der Waals surface area contributed by atoms with Gasteiger partial charge in [-0.25, -0.2) is 0 Å². The molecule has 0 amide bonds. The molecule has 0 unspecified atom stereocenters. The lowest BCUT2D eigenvalue weighted by atomic mass is 10.0. The number of hydrogen-bond donors (Lipinski definition) is 3. The van der Waals surface area contributed by atoms with Gasteiger partial charge in [0.05, 0.1) is 0 Å². The molecule has 1 aromatic rings. The summed E-state index contributed by atoms with van der Waals surface area (Å²) in [5.74, 6) is -0.0819. The van der Waals surface area contributed by atoms with Crippen LogP contribution in [0.25, 0.3) is 0 Å².